The number of unbranched alkanes of at least 4 members (excludes halogenated alkanes) is 2. The van der Waals surface area contributed by atoms with Gasteiger partial charge in [0.1, 0.15) is 18.8 Å². The van der Waals surface area contributed by atoms with Crippen LogP contribution in [0.4, 0.5) is 0 Å². The molecule has 3 atom stereocenters. The highest BCUT2D eigenvalue weighted by Crippen LogP contribution is 2.31. The summed E-state index contributed by atoms with van der Waals surface area (Å²) in [5.41, 5.74) is 0. The number of alkyl halides is 1. The van der Waals surface area contributed by atoms with Crippen LogP contribution in [0.3, 0.4) is 0 Å². The highest BCUT2D eigenvalue weighted by Gasteiger charge is 2.51. The Morgan fingerprint density at radius 3 is 3.00 bits per heavy atom. The van der Waals surface area contributed by atoms with E-state index in [9.17, 15) is 9.59 Å². The second-order valence-corrected chi connectivity index (χ2v) is 5.27. The number of nitrogens with zero attached hydrogens (tertiary/aromatic N) is 1. The van der Waals surface area contributed by atoms with Gasteiger partial charge in [0.15, 0.2) is 5.78 Å². The Labute approximate surface area is 106 Å². The van der Waals surface area contributed by atoms with E-state index < -0.39 is 6.04 Å². The van der Waals surface area contributed by atoms with Gasteiger partial charge < -0.3 is 9.64 Å². The van der Waals surface area contributed by atoms with Gasteiger partial charge in [-0.25, -0.2) is 0 Å². The molecule has 1 amide bonds. The molecular formula is C12H18ClNO3. The number of likely N-dealkylation sites (tertiary alicyclic amines) is 1. The van der Waals surface area contributed by atoms with Gasteiger partial charge in [-0.1, -0.05) is 19.8 Å². The van der Waals surface area contributed by atoms with Gasteiger partial charge in [0.25, 0.3) is 0 Å². The summed E-state index contributed by atoms with van der Waals surface area (Å²) in [6, 6.07) is -0.424. The number of carbonyl (C=O) groups excluding carboxylic acids is 2. The highest BCUT2D eigenvalue weighted by atomic mass is 35.5. The van der Waals surface area contributed by atoms with Crippen molar-refractivity contribution < 1.29 is 14.3 Å². The van der Waals surface area contributed by atoms with Crippen molar-refractivity contribution in [2.45, 2.75) is 50.1 Å². The Bertz CT molecular complexity index is 321. The number of amides is 1. The number of hydrogen-bond donors (Lipinski definition) is 0. The molecule has 2 saturated heterocycles. The zero-order valence-electron chi connectivity index (χ0n) is 10.0. The summed E-state index contributed by atoms with van der Waals surface area (Å²) >= 11 is 6.11. The topological polar surface area (TPSA) is 46.6 Å². The maximum absolute atomic E-state index is 12.0. The van der Waals surface area contributed by atoms with Crippen LogP contribution in [0.15, 0.2) is 0 Å². The fraction of sp³-hybridized carbons (Fsp3) is 0.833. The number of ether oxygens (including phenoxy) is 1. The predicted molar refractivity (Wildman–Crippen MR) is 64.0 cm³/mol. The van der Waals surface area contributed by atoms with Crippen LogP contribution in [-0.4, -0.2) is 47.3 Å². The Kier molecular flexibility index (Phi) is 4.05. The molecule has 0 aromatic carbocycles. The molecule has 2 aliphatic heterocycles. The number of Topliss-reactive ketones (excluding diaryl/α,β-unsaturated/α-hetero) is 1. The number of rotatable bonds is 4. The molecule has 2 rings (SSSR count). The van der Waals surface area contributed by atoms with Gasteiger partial charge in [-0.05, 0) is 6.42 Å². The molecule has 2 heterocycles. The van der Waals surface area contributed by atoms with Crippen LogP contribution in [0, 0.1) is 0 Å². The van der Waals surface area contributed by atoms with Gasteiger partial charge in [-0.2, -0.15) is 0 Å². The van der Waals surface area contributed by atoms with E-state index in [-0.39, 0.29) is 29.8 Å². The lowest BCUT2D eigenvalue weighted by atomic mass is 10.1. The van der Waals surface area contributed by atoms with E-state index in [1.54, 1.807) is 4.90 Å². The summed E-state index contributed by atoms with van der Waals surface area (Å²) in [6.07, 6.45) is 3.22. The minimum absolute atomic E-state index is 0.0120. The van der Waals surface area contributed by atoms with Crippen molar-refractivity contribution in [1.82, 2.24) is 4.90 Å². The summed E-state index contributed by atoms with van der Waals surface area (Å²) in [5.74, 6) is 0.0254. The van der Waals surface area contributed by atoms with E-state index in [1.807, 2.05) is 0 Å². The fourth-order valence-corrected chi connectivity index (χ4v) is 2.88. The van der Waals surface area contributed by atoms with E-state index in [2.05, 4.69) is 6.92 Å². The average Bonchev–Trinajstić information content (AvgIpc) is 2.82. The van der Waals surface area contributed by atoms with Crippen molar-refractivity contribution in [3.63, 3.8) is 0 Å². The summed E-state index contributed by atoms with van der Waals surface area (Å²) in [4.78, 5) is 25.3. The molecule has 0 aromatic rings. The first-order valence-electron chi connectivity index (χ1n) is 6.23. The second kappa shape index (κ2) is 5.36. The third-order valence-corrected chi connectivity index (χ3v) is 3.82. The third kappa shape index (κ3) is 2.47. The fourth-order valence-electron chi connectivity index (χ4n) is 2.52. The molecule has 3 unspecified atom stereocenters. The maximum atomic E-state index is 12.0. The number of hydrogen-bond acceptors (Lipinski definition) is 3. The molecule has 4 nitrogen and oxygen atoms in total. The average molecular weight is 260 g/mol. The lowest BCUT2D eigenvalue weighted by molar-refractivity contribution is -0.136. The van der Waals surface area contributed by atoms with Crippen LogP contribution in [0.25, 0.3) is 0 Å². The Morgan fingerprint density at radius 2 is 2.29 bits per heavy atom. The Balaban J connectivity index is 1.96. The molecule has 0 aromatic heterocycles. The van der Waals surface area contributed by atoms with Crippen LogP contribution in [0.1, 0.15) is 32.6 Å². The Hall–Kier alpha value is -0.610. The maximum Gasteiger partial charge on any atom is 0.223 e. The van der Waals surface area contributed by atoms with Gasteiger partial charge in [-0.15, -0.1) is 11.6 Å². The van der Waals surface area contributed by atoms with Crippen LogP contribution < -0.4 is 0 Å². The summed E-state index contributed by atoms with van der Waals surface area (Å²) in [6.45, 7) is 2.63. The van der Waals surface area contributed by atoms with Gasteiger partial charge in [0.05, 0.1) is 5.38 Å². The van der Waals surface area contributed by atoms with Gasteiger partial charge >= 0.3 is 0 Å². The van der Waals surface area contributed by atoms with Crippen LogP contribution in [0.5, 0.6) is 0 Å². The summed E-state index contributed by atoms with van der Waals surface area (Å²) < 4.78 is 5.33. The molecule has 2 aliphatic rings. The van der Waals surface area contributed by atoms with Crippen LogP contribution in [0.2, 0.25) is 0 Å². The molecule has 0 N–H and O–H groups in total. The molecule has 0 radical (unpaired) electrons. The molecular weight excluding hydrogens is 242 g/mol. The lowest BCUT2D eigenvalue weighted by Crippen LogP contribution is -2.41. The molecule has 96 valence electrons. The van der Waals surface area contributed by atoms with Crippen molar-refractivity contribution in [2.75, 3.05) is 13.2 Å². The van der Waals surface area contributed by atoms with E-state index in [4.69, 9.17) is 16.3 Å². The third-order valence-electron chi connectivity index (χ3n) is 3.44. The minimum Gasteiger partial charge on any atom is -0.366 e. The van der Waals surface area contributed by atoms with E-state index in [0.717, 1.165) is 19.3 Å². The molecule has 17 heavy (non-hydrogen) atoms. The second-order valence-electron chi connectivity index (χ2n) is 4.71. The first-order chi connectivity index (χ1) is 8.15. The summed E-state index contributed by atoms with van der Waals surface area (Å²) in [5, 5.41) is -0.249. The molecule has 5 heteroatoms. The quantitative estimate of drug-likeness (QED) is 0.566. The standard InChI is InChI=1S/C12H18ClNO3/c1-2-3-4-5-10(16)14-6-8(13)12-11(14)9(15)7-17-12/h8,11-12H,2-7H2,1H3. The number of halogens is 1. The molecule has 2 fully saturated rings. The van der Waals surface area contributed by atoms with E-state index >= 15 is 0 Å². The largest absolute Gasteiger partial charge is 0.366 e. The normalized spacial score (nSPS) is 32.0. The Morgan fingerprint density at radius 1 is 1.53 bits per heavy atom. The minimum atomic E-state index is -0.424. The molecule has 0 bridgehead atoms. The van der Waals surface area contributed by atoms with E-state index in [1.165, 1.54) is 0 Å². The SMILES string of the molecule is CCCCCC(=O)N1CC(Cl)C2OCC(=O)C21. The van der Waals surface area contributed by atoms with Crippen molar-refractivity contribution in [3.05, 3.63) is 0 Å². The first-order valence-corrected chi connectivity index (χ1v) is 6.66. The zero-order chi connectivity index (χ0) is 12.4. The zero-order valence-corrected chi connectivity index (χ0v) is 10.8. The van der Waals surface area contributed by atoms with Gasteiger partial charge in [0, 0.05) is 13.0 Å². The van der Waals surface area contributed by atoms with Crippen molar-refractivity contribution >= 4 is 23.3 Å². The van der Waals surface area contributed by atoms with Crippen LogP contribution >= 0.6 is 11.6 Å². The monoisotopic (exact) mass is 259 g/mol. The van der Waals surface area contributed by atoms with Crippen molar-refractivity contribution in [3.8, 4) is 0 Å². The van der Waals surface area contributed by atoms with Crippen molar-refractivity contribution in [1.29, 1.82) is 0 Å². The van der Waals surface area contributed by atoms with Gasteiger partial charge in [-0.3, -0.25) is 9.59 Å². The summed E-state index contributed by atoms with van der Waals surface area (Å²) in [7, 11) is 0. The number of ketones is 1. The van der Waals surface area contributed by atoms with Crippen LogP contribution in [-0.2, 0) is 14.3 Å². The predicted octanol–water partition coefficient (Wildman–Crippen LogP) is 1.35. The molecule has 0 saturated carbocycles. The number of fused-ring (bicyclic) bond motifs is 1. The number of carbonyl (C=O) groups is 2. The smallest absolute Gasteiger partial charge is 0.223 e. The molecule has 0 aliphatic carbocycles. The molecule has 0 spiro atoms. The first kappa shape index (κ1) is 12.8. The van der Waals surface area contributed by atoms with E-state index in [0.29, 0.717) is 13.0 Å². The van der Waals surface area contributed by atoms with Gasteiger partial charge in [0.2, 0.25) is 5.91 Å². The van der Waals surface area contributed by atoms with Crippen molar-refractivity contribution in [2.24, 2.45) is 0 Å². The lowest BCUT2D eigenvalue weighted by Gasteiger charge is -2.21. The highest BCUT2D eigenvalue weighted by molar-refractivity contribution is 6.22.